The first-order valence-corrected chi connectivity index (χ1v) is 11.3. The van der Waals surface area contributed by atoms with E-state index in [1.54, 1.807) is 36.7 Å². The largest absolute Gasteiger partial charge is 0.325 e. The maximum atomic E-state index is 12.8. The number of Topliss-reactive ketones (excluding diaryl/α,β-unsaturated/α-hetero) is 1. The van der Waals surface area contributed by atoms with Gasteiger partial charge >= 0.3 is 0 Å². The fraction of sp³-hybridized carbons (Fsp3) is 0.160. The summed E-state index contributed by atoms with van der Waals surface area (Å²) in [6.07, 6.45) is 3.45. The van der Waals surface area contributed by atoms with Crippen molar-refractivity contribution in [2.45, 2.75) is 31.2 Å². The van der Waals surface area contributed by atoms with Gasteiger partial charge in [-0.1, -0.05) is 29.5 Å². The van der Waals surface area contributed by atoms with E-state index < -0.39 is 5.25 Å². The molecule has 0 saturated carbocycles. The molecule has 0 saturated heterocycles. The van der Waals surface area contributed by atoms with Crippen LogP contribution in [0, 0.1) is 6.92 Å². The van der Waals surface area contributed by atoms with Gasteiger partial charge < -0.3 is 5.32 Å². The SMILES string of the molecule is CC(=O)c1ccc(NC(=O)C(C)Sc2nnc(-c3cccnc3)n2-c2ccc(C)cc2)cc1. The van der Waals surface area contributed by atoms with E-state index in [4.69, 9.17) is 0 Å². The molecular formula is C25H23N5O2S. The Morgan fingerprint density at radius 1 is 1.00 bits per heavy atom. The molecule has 0 radical (unpaired) electrons. The molecule has 0 aliphatic heterocycles. The van der Waals surface area contributed by atoms with Crippen molar-refractivity contribution in [3.8, 4) is 17.1 Å². The molecule has 1 atom stereocenters. The van der Waals surface area contributed by atoms with Gasteiger partial charge in [-0.25, -0.2) is 0 Å². The lowest BCUT2D eigenvalue weighted by molar-refractivity contribution is -0.115. The fourth-order valence-corrected chi connectivity index (χ4v) is 4.07. The number of rotatable bonds is 7. The number of ketones is 1. The summed E-state index contributed by atoms with van der Waals surface area (Å²) in [6.45, 7) is 5.36. The Bertz CT molecular complexity index is 1270. The van der Waals surface area contributed by atoms with E-state index in [1.165, 1.54) is 18.7 Å². The van der Waals surface area contributed by atoms with Crippen molar-refractivity contribution in [2.75, 3.05) is 5.32 Å². The number of pyridine rings is 1. The van der Waals surface area contributed by atoms with Crippen LogP contribution >= 0.6 is 11.8 Å². The second-order valence-electron chi connectivity index (χ2n) is 7.60. The van der Waals surface area contributed by atoms with Crippen molar-refractivity contribution < 1.29 is 9.59 Å². The lowest BCUT2D eigenvalue weighted by Gasteiger charge is -2.14. The molecule has 2 heterocycles. The standard InChI is InChI=1S/C25H23N5O2S/c1-16-6-12-22(13-7-16)30-23(20-5-4-14-26-15-20)28-29-25(30)33-18(3)24(32)27-21-10-8-19(9-11-21)17(2)31/h4-15,18H,1-3H3,(H,27,32). The summed E-state index contributed by atoms with van der Waals surface area (Å²) in [5, 5.41) is 11.8. The molecule has 0 spiro atoms. The summed E-state index contributed by atoms with van der Waals surface area (Å²) < 4.78 is 1.94. The molecule has 1 amide bonds. The molecule has 1 unspecified atom stereocenters. The van der Waals surface area contributed by atoms with E-state index in [0.717, 1.165) is 16.8 Å². The molecule has 4 aromatic rings. The number of carbonyl (C=O) groups excluding carboxylic acids is 2. The number of carbonyl (C=O) groups is 2. The van der Waals surface area contributed by atoms with Crippen molar-refractivity contribution >= 4 is 29.1 Å². The number of anilines is 1. The predicted octanol–water partition coefficient (Wildman–Crippen LogP) is 4.96. The van der Waals surface area contributed by atoms with Gasteiger partial charge in [0.1, 0.15) is 0 Å². The number of aryl methyl sites for hydroxylation is 1. The van der Waals surface area contributed by atoms with Crippen molar-refractivity contribution in [1.29, 1.82) is 0 Å². The van der Waals surface area contributed by atoms with Crippen LogP contribution in [-0.2, 0) is 4.79 Å². The van der Waals surface area contributed by atoms with Crippen LogP contribution in [-0.4, -0.2) is 36.7 Å². The number of hydrogen-bond acceptors (Lipinski definition) is 6. The Morgan fingerprint density at radius 3 is 2.36 bits per heavy atom. The molecular weight excluding hydrogens is 434 g/mol. The van der Waals surface area contributed by atoms with Crippen LogP contribution in [0.4, 0.5) is 5.69 Å². The topological polar surface area (TPSA) is 89.8 Å². The third-order valence-electron chi connectivity index (χ3n) is 5.06. The van der Waals surface area contributed by atoms with Crippen molar-refractivity contribution in [3.63, 3.8) is 0 Å². The smallest absolute Gasteiger partial charge is 0.237 e. The highest BCUT2D eigenvalue weighted by Crippen LogP contribution is 2.30. The van der Waals surface area contributed by atoms with E-state index in [0.29, 0.717) is 22.2 Å². The van der Waals surface area contributed by atoms with Gasteiger partial charge in [0.15, 0.2) is 16.8 Å². The molecule has 7 nitrogen and oxygen atoms in total. The Balaban J connectivity index is 1.59. The second-order valence-corrected chi connectivity index (χ2v) is 8.91. The van der Waals surface area contributed by atoms with Crippen LogP contribution in [0.1, 0.15) is 29.8 Å². The first-order chi connectivity index (χ1) is 15.9. The van der Waals surface area contributed by atoms with Gasteiger partial charge in [-0.2, -0.15) is 0 Å². The summed E-state index contributed by atoms with van der Waals surface area (Å²) in [6, 6.07) is 18.7. The highest BCUT2D eigenvalue weighted by Gasteiger charge is 2.22. The van der Waals surface area contributed by atoms with Gasteiger partial charge in [-0.15, -0.1) is 10.2 Å². The minimum Gasteiger partial charge on any atom is -0.325 e. The summed E-state index contributed by atoms with van der Waals surface area (Å²) >= 11 is 1.32. The van der Waals surface area contributed by atoms with Crippen LogP contribution in [0.5, 0.6) is 0 Å². The number of amides is 1. The Hall–Kier alpha value is -3.78. The van der Waals surface area contributed by atoms with E-state index in [2.05, 4.69) is 20.5 Å². The number of aromatic nitrogens is 4. The Labute approximate surface area is 196 Å². The van der Waals surface area contributed by atoms with E-state index >= 15 is 0 Å². The van der Waals surface area contributed by atoms with Crippen LogP contribution in [0.3, 0.4) is 0 Å². The van der Waals surface area contributed by atoms with Crippen molar-refractivity contribution in [2.24, 2.45) is 0 Å². The molecule has 33 heavy (non-hydrogen) atoms. The zero-order valence-electron chi connectivity index (χ0n) is 18.5. The van der Waals surface area contributed by atoms with E-state index in [9.17, 15) is 9.59 Å². The van der Waals surface area contributed by atoms with Gasteiger partial charge in [0.05, 0.1) is 5.25 Å². The van der Waals surface area contributed by atoms with Crippen LogP contribution in [0.25, 0.3) is 17.1 Å². The summed E-state index contributed by atoms with van der Waals surface area (Å²) in [4.78, 5) is 28.5. The highest BCUT2D eigenvalue weighted by molar-refractivity contribution is 8.00. The molecule has 8 heteroatoms. The molecule has 4 rings (SSSR count). The molecule has 166 valence electrons. The van der Waals surface area contributed by atoms with E-state index in [-0.39, 0.29) is 11.7 Å². The minimum absolute atomic E-state index is 0.0170. The summed E-state index contributed by atoms with van der Waals surface area (Å²) in [7, 11) is 0. The number of thioether (sulfide) groups is 1. The van der Waals surface area contributed by atoms with Crippen LogP contribution < -0.4 is 5.32 Å². The van der Waals surface area contributed by atoms with E-state index in [1.807, 2.05) is 54.8 Å². The number of hydrogen-bond donors (Lipinski definition) is 1. The maximum Gasteiger partial charge on any atom is 0.237 e. The van der Waals surface area contributed by atoms with Crippen LogP contribution in [0.2, 0.25) is 0 Å². The molecule has 0 fully saturated rings. The molecule has 0 aliphatic carbocycles. The van der Waals surface area contributed by atoms with Gasteiger partial charge in [0.25, 0.3) is 0 Å². The molecule has 1 N–H and O–H groups in total. The zero-order valence-corrected chi connectivity index (χ0v) is 19.3. The van der Waals surface area contributed by atoms with Crippen LogP contribution in [0.15, 0.2) is 78.2 Å². The monoisotopic (exact) mass is 457 g/mol. The van der Waals surface area contributed by atoms with Gasteiger partial charge in [0, 0.05) is 34.9 Å². The molecule has 2 aromatic carbocycles. The average Bonchev–Trinajstić information content (AvgIpc) is 3.24. The van der Waals surface area contributed by atoms with Gasteiger partial charge in [-0.3, -0.25) is 19.1 Å². The van der Waals surface area contributed by atoms with Gasteiger partial charge in [0.2, 0.25) is 5.91 Å². The number of nitrogens with one attached hydrogen (secondary N) is 1. The Morgan fingerprint density at radius 2 is 1.73 bits per heavy atom. The number of benzene rings is 2. The third kappa shape index (κ3) is 5.18. The summed E-state index contributed by atoms with van der Waals surface area (Å²) in [5.74, 6) is 0.468. The first-order valence-electron chi connectivity index (χ1n) is 10.4. The minimum atomic E-state index is -0.437. The van der Waals surface area contributed by atoms with Crippen molar-refractivity contribution in [3.05, 3.63) is 84.2 Å². The molecule has 2 aromatic heterocycles. The number of nitrogens with zero attached hydrogens (tertiary/aromatic N) is 4. The first kappa shape index (κ1) is 22.4. The van der Waals surface area contributed by atoms with Crippen molar-refractivity contribution in [1.82, 2.24) is 19.7 Å². The predicted molar refractivity (Wildman–Crippen MR) is 130 cm³/mol. The second kappa shape index (κ2) is 9.79. The lowest BCUT2D eigenvalue weighted by Crippen LogP contribution is -2.23. The molecule has 0 aliphatic rings. The average molecular weight is 458 g/mol. The zero-order chi connectivity index (χ0) is 23.4. The maximum absolute atomic E-state index is 12.8. The lowest BCUT2D eigenvalue weighted by atomic mass is 10.1. The normalized spacial score (nSPS) is 11.7. The van der Waals surface area contributed by atoms with Gasteiger partial charge in [-0.05, 0) is 69.3 Å². The Kier molecular flexibility index (Phi) is 6.65. The third-order valence-corrected chi connectivity index (χ3v) is 6.10. The quantitative estimate of drug-likeness (QED) is 0.312. The highest BCUT2D eigenvalue weighted by atomic mass is 32.2. The summed E-state index contributed by atoms with van der Waals surface area (Å²) in [5.41, 5.74) is 4.12. The molecule has 0 bridgehead atoms. The fourth-order valence-electron chi connectivity index (χ4n) is 3.20.